The molecule has 0 aliphatic carbocycles. The van der Waals surface area contributed by atoms with Gasteiger partial charge in [-0.1, -0.05) is 0 Å². The molecule has 76 valence electrons. The zero-order valence-electron chi connectivity index (χ0n) is 8.44. The highest BCUT2D eigenvalue weighted by atomic mass is 32.2. The molecule has 0 spiro atoms. The number of hydrogen-bond acceptors (Lipinski definition) is 3. The number of nitrogens with two attached hydrogens (primary N) is 1. The molecule has 1 aliphatic heterocycles. The van der Waals surface area contributed by atoms with Gasteiger partial charge in [-0.25, -0.2) is 0 Å². The highest BCUT2D eigenvalue weighted by Gasteiger charge is 2.18. The lowest BCUT2D eigenvalue weighted by Gasteiger charge is -2.18. The Kier molecular flexibility index (Phi) is 2.99. The lowest BCUT2D eigenvalue weighted by atomic mass is 10.3. The highest BCUT2D eigenvalue weighted by molar-refractivity contribution is 7.98. The first-order valence-corrected chi connectivity index (χ1v) is 6.16. The molecule has 2 N–H and O–H groups in total. The molecule has 1 fully saturated rings. The molecule has 0 bridgehead atoms. The third-order valence-electron chi connectivity index (χ3n) is 2.66. The van der Waals surface area contributed by atoms with Gasteiger partial charge in [-0.3, -0.25) is 0 Å². The van der Waals surface area contributed by atoms with E-state index in [0.29, 0.717) is 6.04 Å². The van der Waals surface area contributed by atoms with Crippen molar-refractivity contribution >= 4 is 17.4 Å². The van der Waals surface area contributed by atoms with Crippen LogP contribution >= 0.6 is 11.8 Å². The van der Waals surface area contributed by atoms with E-state index in [9.17, 15) is 0 Å². The van der Waals surface area contributed by atoms with Crippen molar-refractivity contribution in [2.24, 2.45) is 5.73 Å². The van der Waals surface area contributed by atoms with Crippen LogP contribution in [0.3, 0.4) is 0 Å². The Labute approximate surface area is 89.5 Å². The second-order valence-corrected chi connectivity index (χ2v) is 4.57. The molecule has 0 radical (unpaired) electrons. The van der Waals surface area contributed by atoms with E-state index in [2.05, 4.69) is 35.4 Å². The minimum atomic E-state index is 0.357. The predicted molar refractivity (Wildman–Crippen MR) is 63.0 cm³/mol. The van der Waals surface area contributed by atoms with E-state index < -0.39 is 0 Å². The molecule has 3 heteroatoms. The van der Waals surface area contributed by atoms with E-state index in [4.69, 9.17) is 5.73 Å². The maximum Gasteiger partial charge on any atom is 0.0367 e. The van der Waals surface area contributed by atoms with Gasteiger partial charge >= 0.3 is 0 Å². The van der Waals surface area contributed by atoms with Crippen LogP contribution in [-0.2, 0) is 0 Å². The standard InChI is InChI=1S/C11H16N2S/c1-14-11-4-2-10(3-5-11)13-7-6-9(12)8-13/h2-5,9H,6-8,12H2,1H3. The second kappa shape index (κ2) is 4.24. The van der Waals surface area contributed by atoms with Gasteiger partial charge < -0.3 is 10.6 Å². The summed E-state index contributed by atoms with van der Waals surface area (Å²) in [6.07, 6.45) is 3.21. The molecule has 2 rings (SSSR count). The van der Waals surface area contributed by atoms with Crippen LogP contribution < -0.4 is 10.6 Å². The third-order valence-corrected chi connectivity index (χ3v) is 3.41. The summed E-state index contributed by atoms with van der Waals surface area (Å²) in [7, 11) is 0. The molecule has 1 unspecified atom stereocenters. The molecule has 1 atom stereocenters. The fourth-order valence-corrected chi connectivity index (χ4v) is 2.22. The molecule has 1 heterocycles. The second-order valence-electron chi connectivity index (χ2n) is 3.69. The van der Waals surface area contributed by atoms with Crippen molar-refractivity contribution in [1.29, 1.82) is 0 Å². The van der Waals surface area contributed by atoms with Gasteiger partial charge in [0.1, 0.15) is 0 Å². The number of thioether (sulfide) groups is 1. The van der Waals surface area contributed by atoms with Crippen LogP contribution in [0.4, 0.5) is 5.69 Å². The van der Waals surface area contributed by atoms with Crippen LogP contribution in [0.25, 0.3) is 0 Å². The normalized spacial score (nSPS) is 21.6. The Hall–Kier alpha value is -0.670. The monoisotopic (exact) mass is 208 g/mol. The van der Waals surface area contributed by atoms with Crippen LogP contribution in [-0.4, -0.2) is 25.4 Å². The number of hydrogen-bond donors (Lipinski definition) is 1. The van der Waals surface area contributed by atoms with Crippen molar-refractivity contribution in [2.75, 3.05) is 24.2 Å². The molecule has 1 aromatic rings. The number of anilines is 1. The number of nitrogens with zero attached hydrogens (tertiary/aromatic N) is 1. The molecule has 2 nitrogen and oxygen atoms in total. The Morgan fingerprint density at radius 3 is 2.57 bits per heavy atom. The molecule has 14 heavy (non-hydrogen) atoms. The third kappa shape index (κ3) is 2.04. The topological polar surface area (TPSA) is 29.3 Å². The fourth-order valence-electron chi connectivity index (χ4n) is 1.81. The van der Waals surface area contributed by atoms with Gasteiger partial charge in [-0.15, -0.1) is 11.8 Å². The molecule has 0 saturated carbocycles. The van der Waals surface area contributed by atoms with Crippen molar-refractivity contribution < 1.29 is 0 Å². The van der Waals surface area contributed by atoms with E-state index in [1.165, 1.54) is 10.6 Å². The van der Waals surface area contributed by atoms with Crippen molar-refractivity contribution in [2.45, 2.75) is 17.4 Å². The average Bonchev–Trinajstić information content (AvgIpc) is 2.65. The summed E-state index contributed by atoms with van der Waals surface area (Å²) in [5.74, 6) is 0. The lowest BCUT2D eigenvalue weighted by Crippen LogP contribution is -2.26. The quantitative estimate of drug-likeness (QED) is 0.753. The van der Waals surface area contributed by atoms with E-state index in [1.807, 2.05) is 0 Å². The smallest absolute Gasteiger partial charge is 0.0367 e. The van der Waals surface area contributed by atoms with Crippen LogP contribution in [0.1, 0.15) is 6.42 Å². The van der Waals surface area contributed by atoms with E-state index in [-0.39, 0.29) is 0 Å². The fraction of sp³-hybridized carbons (Fsp3) is 0.455. The Balaban J connectivity index is 2.09. The summed E-state index contributed by atoms with van der Waals surface area (Å²) in [5, 5.41) is 0. The summed E-state index contributed by atoms with van der Waals surface area (Å²) >= 11 is 1.78. The van der Waals surface area contributed by atoms with Crippen molar-refractivity contribution in [3.63, 3.8) is 0 Å². The highest BCUT2D eigenvalue weighted by Crippen LogP contribution is 2.23. The lowest BCUT2D eigenvalue weighted by molar-refractivity contribution is 0.752. The van der Waals surface area contributed by atoms with Crippen molar-refractivity contribution in [1.82, 2.24) is 0 Å². The maximum atomic E-state index is 5.87. The SMILES string of the molecule is CSc1ccc(N2CCC(N)C2)cc1. The molecule has 0 aromatic heterocycles. The first-order valence-electron chi connectivity index (χ1n) is 4.94. The average molecular weight is 208 g/mol. The van der Waals surface area contributed by atoms with Gasteiger partial charge in [0.15, 0.2) is 0 Å². The van der Waals surface area contributed by atoms with Crippen molar-refractivity contribution in [3.05, 3.63) is 24.3 Å². The maximum absolute atomic E-state index is 5.87. The minimum Gasteiger partial charge on any atom is -0.370 e. The van der Waals surface area contributed by atoms with Gasteiger partial charge in [0, 0.05) is 29.7 Å². The van der Waals surface area contributed by atoms with Gasteiger partial charge in [0.05, 0.1) is 0 Å². The summed E-state index contributed by atoms with van der Waals surface area (Å²) in [5.41, 5.74) is 7.17. The van der Waals surface area contributed by atoms with E-state index >= 15 is 0 Å². The van der Waals surface area contributed by atoms with Crippen LogP contribution in [0.5, 0.6) is 0 Å². The van der Waals surface area contributed by atoms with Crippen molar-refractivity contribution in [3.8, 4) is 0 Å². The van der Waals surface area contributed by atoms with Crippen LogP contribution in [0.15, 0.2) is 29.2 Å². The summed E-state index contributed by atoms with van der Waals surface area (Å²) in [4.78, 5) is 3.67. The Morgan fingerprint density at radius 1 is 1.36 bits per heavy atom. The Bertz CT molecular complexity index is 297. The predicted octanol–water partition coefficient (Wildman–Crippen LogP) is 1.95. The molecular weight excluding hydrogens is 192 g/mol. The van der Waals surface area contributed by atoms with Gasteiger partial charge in [0.25, 0.3) is 0 Å². The van der Waals surface area contributed by atoms with Gasteiger partial charge in [0.2, 0.25) is 0 Å². The van der Waals surface area contributed by atoms with E-state index in [0.717, 1.165) is 19.5 Å². The molecule has 1 aromatic carbocycles. The summed E-state index contributed by atoms with van der Waals surface area (Å²) in [6.45, 7) is 2.10. The summed E-state index contributed by atoms with van der Waals surface area (Å²) in [6, 6.07) is 9.07. The zero-order valence-corrected chi connectivity index (χ0v) is 9.26. The van der Waals surface area contributed by atoms with Crippen LogP contribution in [0, 0.1) is 0 Å². The largest absolute Gasteiger partial charge is 0.370 e. The zero-order chi connectivity index (χ0) is 9.97. The summed E-state index contributed by atoms with van der Waals surface area (Å²) < 4.78 is 0. The molecule has 1 aliphatic rings. The van der Waals surface area contributed by atoms with Gasteiger partial charge in [-0.05, 0) is 36.9 Å². The Morgan fingerprint density at radius 2 is 2.07 bits per heavy atom. The first-order chi connectivity index (χ1) is 6.79. The molecule has 1 saturated heterocycles. The molecule has 0 amide bonds. The van der Waals surface area contributed by atoms with Crippen LogP contribution in [0.2, 0.25) is 0 Å². The molecular formula is C11H16N2S. The van der Waals surface area contributed by atoms with E-state index in [1.54, 1.807) is 11.8 Å². The van der Waals surface area contributed by atoms with Gasteiger partial charge in [-0.2, -0.15) is 0 Å². The first kappa shape index (κ1) is 9.87. The minimum absolute atomic E-state index is 0.357. The number of rotatable bonds is 2. The number of benzene rings is 1.